The molecule has 0 radical (unpaired) electrons. The molecule has 0 unspecified atom stereocenters. The number of carbonyl (C=O) groups excluding carboxylic acids is 1. The molecule has 1 N–H and O–H groups in total. The van der Waals surface area contributed by atoms with Crippen molar-refractivity contribution < 1.29 is 4.79 Å². The third-order valence-electron chi connectivity index (χ3n) is 3.55. The van der Waals surface area contributed by atoms with Crippen molar-refractivity contribution in [3.8, 4) is 0 Å². The molecule has 0 aliphatic heterocycles. The molecule has 118 valence electrons. The van der Waals surface area contributed by atoms with Crippen LogP contribution in [0.2, 0.25) is 5.02 Å². The van der Waals surface area contributed by atoms with E-state index in [2.05, 4.69) is 5.32 Å². The van der Waals surface area contributed by atoms with Crippen LogP contribution in [0.15, 0.2) is 34.0 Å². The topological polar surface area (TPSA) is 51.1 Å². The van der Waals surface area contributed by atoms with E-state index >= 15 is 0 Å². The van der Waals surface area contributed by atoms with E-state index in [1.54, 1.807) is 29.8 Å². The standard InChI is InChI=1S/C16H19ClN2O2S/c1-4-10(2)18-15(20)9-22-14-8-16(21)19(3)13-7-11(17)5-6-12(13)14/h5-8,10H,4,9H2,1-3H3,(H,18,20)/t10-/m1/s1. The van der Waals surface area contributed by atoms with Gasteiger partial charge in [0.15, 0.2) is 0 Å². The Morgan fingerprint density at radius 1 is 1.41 bits per heavy atom. The quantitative estimate of drug-likeness (QED) is 0.852. The summed E-state index contributed by atoms with van der Waals surface area (Å²) in [5, 5.41) is 4.43. The molecule has 6 heteroatoms. The minimum absolute atomic E-state index is 0.0258. The number of hydrogen-bond donors (Lipinski definition) is 1. The Kier molecular flexibility index (Phi) is 5.53. The zero-order valence-corrected chi connectivity index (χ0v) is 14.4. The fourth-order valence-corrected chi connectivity index (χ4v) is 3.13. The average Bonchev–Trinajstić information content (AvgIpc) is 2.49. The molecule has 1 aromatic heterocycles. The average molecular weight is 339 g/mol. The zero-order chi connectivity index (χ0) is 16.3. The number of thioether (sulfide) groups is 1. The fraction of sp³-hybridized carbons (Fsp3) is 0.375. The van der Waals surface area contributed by atoms with Crippen molar-refractivity contribution in [1.29, 1.82) is 0 Å². The minimum Gasteiger partial charge on any atom is -0.353 e. The zero-order valence-electron chi connectivity index (χ0n) is 12.9. The Bertz CT molecular complexity index is 758. The first kappa shape index (κ1) is 16.9. The van der Waals surface area contributed by atoms with Crippen molar-refractivity contribution in [3.63, 3.8) is 0 Å². The van der Waals surface area contributed by atoms with Crippen molar-refractivity contribution in [2.45, 2.75) is 31.2 Å². The highest BCUT2D eigenvalue weighted by atomic mass is 35.5. The maximum absolute atomic E-state index is 12.0. The summed E-state index contributed by atoms with van der Waals surface area (Å²) in [5.41, 5.74) is 0.657. The van der Waals surface area contributed by atoms with Crippen LogP contribution in [0.5, 0.6) is 0 Å². The number of fused-ring (bicyclic) bond motifs is 1. The van der Waals surface area contributed by atoms with Crippen LogP contribution >= 0.6 is 23.4 Å². The number of amides is 1. The lowest BCUT2D eigenvalue weighted by Crippen LogP contribution is -2.33. The summed E-state index contributed by atoms with van der Waals surface area (Å²) in [6, 6.07) is 7.16. The third-order valence-corrected chi connectivity index (χ3v) is 4.84. The molecule has 0 fully saturated rings. The smallest absolute Gasteiger partial charge is 0.251 e. The maximum atomic E-state index is 12.0. The number of nitrogens with zero attached hydrogens (tertiary/aromatic N) is 1. The number of aryl methyl sites for hydroxylation is 1. The molecular formula is C16H19ClN2O2S. The summed E-state index contributed by atoms with van der Waals surface area (Å²) in [6.45, 7) is 3.99. The number of halogens is 1. The van der Waals surface area contributed by atoms with E-state index < -0.39 is 0 Å². The normalized spacial score (nSPS) is 12.4. The first-order valence-corrected chi connectivity index (χ1v) is 8.50. The Hall–Kier alpha value is -1.46. The number of benzene rings is 1. The van der Waals surface area contributed by atoms with Crippen molar-refractivity contribution >= 4 is 40.2 Å². The van der Waals surface area contributed by atoms with Crippen LogP contribution in [-0.2, 0) is 11.8 Å². The number of carbonyl (C=O) groups is 1. The molecule has 0 aliphatic carbocycles. The lowest BCUT2D eigenvalue weighted by molar-refractivity contribution is -0.119. The highest BCUT2D eigenvalue weighted by Crippen LogP contribution is 2.28. The monoisotopic (exact) mass is 338 g/mol. The second-order valence-corrected chi connectivity index (χ2v) is 6.69. The van der Waals surface area contributed by atoms with Crippen LogP contribution in [0.25, 0.3) is 10.9 Å². The molecule has 1 amide bonds. The molecule has 1 atom stereocenters. The van der Waals surface area contributed by atoms with Crippen LogP contribution < -0.4 is 10.9 Å². The summed E-state index contributed by atoms with van der Waals surface area (Å²) < 4.78 is 1.56. The molecule has 0 bridgehead atoms. The molecule has 0 saturated heterocycles. The van der Waals surface area contributed by atoms with Gasteiger partial charge in [0.25, 0.3) is 5.56 Å². The fourth-order valence-electron chi connectivity index (χ4n) is 2.08. The second kappa shape index (κ2) is 7.20. The number of aromatic nitrogens is 1. The highest BCUT2D eigenvalue weighted by Gasteiger charge is 2.11. The Balaban J connectivity index is 2.27. The number of nitrogens with one attached hydrogen (secondary N) is 1. The van der Waals surface area contributed by atoms with E-state index in [0.29, 0.717) is 5.02 Å². The van der Waals surface area contributed by atoms with Gasteiger partial charge >= 0.3 is 0 Å². The predicted octanol–water partition coefficient (Wildman–Crippen LogP) is 3.20. The lowest BCUT2D eigenvalue weighted by Gasteiger charge is -2.12. The Morgan fingerprint density at radius 2 is 2.14 bits per heavy atom. The molecule has 1 aromatic carbocycles. The van der Waals surface area contributed by atoms with E-state index in [4.69, 9.17) is 11.6 Å². The Morgan fingerprint density at radius 3 is 2.82 bits per heavy atom. The van der Waals surface area contributed by atoms with Gasteiger partial charge in [-0.3, -0.25) is 9.59 Å². The van der Waals surface area contributed by atoms with Gasteiger partial charge in [-0.25, -0.2) is 0 Å². The molecule has 0 spiro atoms. The molecule has 0 aliphatic rings. The van der Waals surface area contributed by atoms with Crippen molar-refractivity contribution in [1.82, 2.24) is 9.88 Å². The third kappa shape index (κ3) is 3.84. The van der Waals surface area contributed by atoms with Gasteiger partial charge in [0.1, 0.15) is 0 Å². The number of hydrogen-bond acceptors (Lipinski definition) is 3. The SMILES string of the molecule is CC[C@@H](C)NC(=O)CSc1cc(=O)n(C)c2cc(Cl)ccc12. The van der Waals surface area contributed by atoms with Gasteiger partial charge in [-0.1, -0.05) is 24.6 Å². The Labute approximate surface area is 138 Å². The molecule has 1 heterocycles. The molecule has 0 saturated carbocycles. The summed E-state index contributed by atoms with van der Waals surface area (Å²) >= 11 is 7.38. The van der Waals surface area contributed by atoms with E-state index in [1.165, 1.54) is 11.8 Å². The van der Waals surface area contributed by atoms with Crippen LogP contribution in [0.4, 0.5) is 0 Å². The summed E-state index contributed by atoms with van der Waals surface area (Å²) in [5.74, 6) is 0.261. The van der Waals surface area contributed by atoms with Gasteiger partial charge in [-0.15, -0.1) is 11.8 Å². The molecular weight excluding hydrogens is 320 g/mol. The molecule has 22 heavy (non-hydrogen) atoms. The van der Waals surface area contributed by atoms with E-state index in [9.17, 15) is 9.59 Å². The maximum Gasteiger partial charge on any atom is 0.251 e. The van der Waals surface area contributed by atoms with E-state index in [-0.39, 0.29) is 23.3 Å². The summed E-state index contributed by atoms with van der Waals surface area (Å²) in [7, 11) is 1.71. The van der Waals surface area contributed by atoms with Crippen LogP contribution in [0.3, 0.4) is 0 Å². The molecule has 2 aromatic rings. The summed E-state index contributed by atoms with van der Waals surface area (Å²) in [6.07, 6.45) is 0.893. The van der Waals surface area contributed by atoms with Crippen molar-refractivity contribution in [3.05, 3.63) is 39.6 Å². The van der Waals surface area contributed by atoms with Crippen molar-refractivity contribution in [2.75, 3.05) is 5.75 Å². The van der Waals surface area contributed by atoms with Crippen molar-refractivity contribution in [2.24, 2.45) is 7.05 Å². The van der Waals surface area contributed by atoms with Gasteiger partial charge in [0.2, 0.25) is 5.91 Å². The molecule has 2 rings (SSSR count). The van der Waals surface area contributed by atoms with E-state index in [0.717, 1.165) is 22.2 Å². The predicted molar refractivity (Wildman–Crippen MR) is 92.8 cm³/mol. The largest absolute Gasteiger partial charge is 0.353 e. The van der Waals surface area contributed by atoms with Gasteiger partial charge in [-0.05, 0) is 25.5 Å². The van der Waals surface area contributed by atoms with Gasteiger partial charge in [0, 0.05) is 34.5 Å². The number of pyridine rings is 1. The second-order valence-electron chi connectivity index (χ2n) is 5.23. The van der Waals surface area contributed by atoms with Gasteiger partial charge < -0.3 is 9.88 Å². The molecule has 4 nitrogen and oxygen atoms in total. The lowest BCUT2D eigenvalue weighted by atomic mass is 10.2. The first-order chi connectivity index (χ1) is 10.4. The van der Waals surface area contributed by atoms with Crippen LogP contribution in [0.1, 0.15) is 20.3 Å². The van der Waals surface area contributed by atoms with E-state index in [1.807, 2.05) is 19.9 Å². The van der Waals surface area contributed by atoms with Gasteiger partial charge in [-0.2, -0.15) is 0 Å². The first-order valence-electron chi connectivity index (χ1n) is 7.13. The van der Waals surface area contributed by atoms with Gasteiger partial charge in [0.05, 0.1) is 11.3 Å². The van der Waals surface area contributed by atoms with Crippen LogP contribution in [-0.4, -0.2) is 22.3 Å². The number of rotatable bonds is 5. The minimum atomic E-state index is -0.111. The van der Waals surface area contributed by atoms with Crippen LogP contribution in [0, 0.1) is 0 Å². The summed E-state index contributed by atoms with van der Waals surface area (Å²) in [4.78, 5) is 24.7. The highest BCUT2D eigenvalue weighted by molar-refractivity contribution is 8.00.